The van der Waals surface area contributed by atoms with E-state index in [0.717, 1.165) is 12.8 Å². The van der Waals surface area contributed by atoms with Gasteiger partial charge in [-0.25, -0.2) is 0 Å². The van der Waals surface area contributed by atoms with Gasteiger partial charge in [-0.15, -0.1) is 0 Å². The molecule has 1 saturated carbocycles. The highest BCUT2D eigenvalue weighted by Crippen LogP contribution is 2.22. The average Bonchev–Trinajstić information content (AvgIpc) is 2.05. The fourth-order valence-electron chi connectivity index (χ4n) is 1.53. The third kappa shape index (κ3) is 2.15. The van der Waals surface area contributed by atoms with Crippen LogP contribution in [0, 0.1) is 10.1 Å². The summed E-state index contributed by atoms with van der Waals surface area (Å²) in [5.41, 5.74) is 0. The molecule has 0 saturated heterocycles. The topological polar surface area (TPSA) is 52.4 Å². The maximum atomic E-state index is 10.4. The molecule has 0 N–H and O–H groups in total. The molecule has 0 aromatic heterocycles. The molecule has 1 rings (SSSR count). The summed E-state index contributed by atoms with van der Waals surface area (Å²) in [5.74, 6) is 0. The van der Waals surface area contributed by atoms with E-state index in [4.69, 9.17) is 4.74 Å². The number of hydrogen-bond donors (Lipinski definition) is 0. The fourth-order valence-corrected chi connectivity index (χ4v) is 1.53. The number of hydrogen-bond acceptors (Lipinski definition) is 3. The van der Waals surface area contributed by atoms with Gasteiger partial charge in [0, 0.05) is 24.9 Å². The van der Waals surface area contributed by atoms with Gasteiger partial charge < -0.3 is 4.74 Å². The lowest BCUT2D eigenvalue weighted by Gasteiger charge is -2.22. The van der Waals surface area contributed by atoms with Gasteiger partial charge >= 0.3 is 0 Å². The van der Waals surface area contributed by atoms with Crippen LogP contribution in [-0.2, 0) is 4.74 Å². The van der Waals surface area contributed by atoms with Crippen LogP contribution in [-0.4, -0.2) is 24.2 Å². The SMILES string of the molecule is COC1CCCC([N+](=O)[O-])C1. The maximum Gasteiger partial charge on any atom is 0.215 e. The van der Waals surface area contributed by atoms with Crippen LogP contribution in [0.25, 0.3) is 0 Å². The van der Waals surface area contributed by atoms with Crippen LogP contribution in [0.1, 0.15) is 25.7 Å². The standard InChI is InChI=1S/C7H13NO3/c1-11-7-4-2-3-6(5-7)8(9)10/h6-7H,2-5H2,1H3. The van der Waals surface area contributed by atoms with Crippen molar-refractivity contribution in [3.63, 3.8) is 0 Å². The predicted octanol–water partition coefficient (Wildman–Crippen LogP) is 1.22. The zero-order chi connectivity index (χ0) is 8.27. The Morgan fingerprint density at radius 2 is 2.27 bits per heavy atom. The van der Waals surface area contributed by atoms with Gasteiger partial charge in [-0.05, 0) is 12.8 Å². The fraction of sp³-hybridized carbons (Fsp3) is 1.00. The lowest BCUT2D eigenvalue weighted by Crippen LogP contribution is -2.30. The van der Waals surface area contributed by atoms with Gasteiger partial charge in [0.25, 0.3) is 0 Å². The van der Waals surface area contributed by atoms with E-state index in [-0.39, 0.29) is 17.1 Å². The third-order valence-corrected chi connectivity index (χ3v) is 2.23. The van der Waals surface area contributed by atoms with E-state index in [1.54, 1.807) is 7.11 Å². The molecule has 0 radical (unpaired) electrons. The highest BCUT2D eigenvalue weighted by atomic mass is 16.6. The van der Waals surface area contributed by atoms with Crippen LogP contribution in [0.2, 0.25) is 0 Å². The molecule has 1 aliphatic carbocycles. The molecule has 0 heterocycles. The van der Waals surface area contributed by atoms with E-state index in [2.05, 4.69) is 0 Å². The van der Waals surface area contributed by atoms with Crippen LogP contribution in [0.5, 0.6) is 0 Å². The predicted molar refractivity (Wildman–Crippen MR) is 40.0 cm³/mol. The molecule has 0 aromatic carbocycles. The lowest BCUT2D eigenvalue weighted by atomic mass is 9.93. The van der Waals surface area contributed by atoms with Crippen molar-refractivity contribution in [2.24, 2.45) is 0 Å². The van der Waals surface area contributed by atoms with Crippen molar-refractivity contribution in [1.82, 2.24) is 0 Å². The molecular formula is C7H13NO3. The van der Waals surface area contributed by atoms with Crippen molar-refractivity contribution in [3.8, 4) is 0 Å². The Kier molecular flexibility index (Phi) is 2.82. The number of nitrogens with zero attached hydrogens (tertiary/aromatic N) is 1. The summed E-state index contributed by atoms with van der Waals surface area (Å²) in [7, 11) is 1.62. The van der Waals surface area contributed by atoms with E-state index in [1.807, 2.05) is 0 Å². The maximum absolute atomic E-state index is 10.4. The second-order valence-corrected chi connectivity index (χ2v) is 2.96. The van der Waals surface area contributed by atoms with Gasteiger partial charge in [-0.1, -0.05) is 0 Å². The van der Waals surface area contributed by atoms with Gasteiger partial charge in [-0.3, -0.25) is 10.1 Å². The quantitative estimate of drug-likeness (QED) is 0.449. The third-order valence-electron chi connectivity index (χ3n) is 2.23. The summed E-state index contributed by atoms with van der Waals surface area (Å²) < 4.78 is 5.07. The second kappa shape index (κ2) is 3.67. The summed E-state index contributed by atoms with van der Waals surface area (Å²) in [4.78, 5) is 10.2. The highest BCUT2D eigenvalue weighted by Gasteiger charge is 2.29. The van der Waals surface area contributed by atoms with Crippen LogP contribution in [0.15, 0.2) is 0 Å². The molecule has 0 aliphatic heterocycles. The van der Waals surface area contributed by atoms with E-state index >= 15 is 0 Å². The molecule has 2 unspecified atom stereocenters. The molecule has 0 bridgehead atoms. The zero-order valence-corrected chi connectivity index (χ0v) is 6.66. The Morgan fingerprint density at radius 3 is 2.82 bits per heavy atom. The lowest BCUT2D eigenvalue weighted by molar-refractivity contribution is -0.528. The van der Waals surface area contributed by atoms with Crippen molar-refractivity contribution >= 4 is 0 Å². The van der Waals surface area contributed by atoms with Crippen LogP contribution in [0.4, 0.5) is 0 Å². The number of nitro groups is 1. The van der Waals surface area contributed by atoms with E-state index in [1.165, 1.54) is 0 Å². The largest absolute Gasteiger partial charge is 0.381 e. The monoisotopic (exact) mass is 159 g/mol. The van der Waals surface area contributed by atoms with Crippen molar-refractivity contribution in [3.05, 3.63) is 10.1 Å². The molecule has 0 spiro atoms. The first-order chi connectivity index (χ1) is 5.24. The first-order valence-corrected chi connectivity index (χ1v) is 3.90. The molecule has 2 atom stereocenters. The number of rotatable bonds is 2. The summed E-state index contributed by atoms with van der Waals surface area (Å²) in [6.07, 6.45) is 3.31. The molecule has 4 nitrogen and oxygen atoms in total. The molecule has 4 heteroatoms. The van der Waals surface area contributed by atoms with Gasteiger partial charge in [0.2, 0.25) is 6.04 Å². The molecule has 64 valence electrons. The summed E-state index contributed by atoms with van der Waals surface area (Å²) >= 11 is 0. The van der Waals surface area contributed by atoms with Gasteiger partial charge in [0.15, 0.2) is 0 Å². The van der Waals surface area contributed by atoms with E-state index in [0.29, 0.717) is 12.8 Å². The van der Waals surface area contributed by atoms with E-state index in [9.17, 15) is 10.1 Å². The van der Waals surface area contributed by atoms with Gasteiger partial charge in [-0.2, -0.15) is 0 Å². The first-order valence-electron chi connectivity index (χ1n) is 3.90. The zero-order valence-electron chi connectivity index (χ0n) is 6.66. The molecule has 1 aliphatic rings. The second-order valence-electron chi connectivity index (χ2n) is 2.96. The Balaban J connectivity index is 2.39. The van der Waals surface area contributed by atoms with Crippen molar-refractivity contribution in [2.75, 3.05) is 7.11 Å². The molecule has 11 heavy (non-hydrogen) atoms. The minimum absolute atomic E-state index is 0.110. The Hall–Kier alpha value is -0.640. The Morgan fingerprint density at radius 1 is 1.55 bits per heavy atom. The molecular weight excluding hydrogens is 146 g/mol. The van der Waals surface area contributed by atoms with Crippen LogP contribution < -0.4 is 0 Å². The molecule has 0 amide bonds. The first kappa shape index (κ1) is 8.46. The smallest absolute Gasteiger partial charge is 0.215 e. The summed E-state index contributed by atoms with van der Waals surface area (Å²) in [6.45, 7) is 0. The molecule has 0 aromatic rings. The highest BCUT2D eigenvalue weighted by molar-refractivity contribution is 4.72. The minimum Gasteiger partial charge on any atom is -0.381 e. The van der Waals surface area contributed by atoms with Gasteiger partial charge in [0.05, 0.1) is 6.10 Å². The van der Waals surface area contributed by atoms with E-state index < -0.39 is 0 Å². The van der Waals surface area contributed by atoms with Crippen molar-refractivity contribution in [2.45, 2.75) is 37.8 Å². The Bertz CT molecular complexity index is 149. The normalized spacial score (nSPS) is 31.7. The van der Waals surface area contributed by atoms with Crippen molar-refractivity contribution < 1.29 is 9.66 Å². The molecule has 1 fully saturated rings. The summed E-state index contributed by atoms with van der Waals surface area (Å²) in [6, 6.07) is -0.367. The number of ether oxygens (including phenoxy) is 1. The average molecular weight is 159 g/mol. The van der Waals surface area contributed by atoms with Crippen molar-refractivity contribution in [1.29, 1.82) is 0 Å². The summed E-state index contributed by atoms with van der Waals surface area (Å²) in [5, 5.41) is 10.4. The van der Waals surface area contributed by atoms with Gasteiger partial charge in [0.1, 0.15) is 0 Å². The number of methoxy groups -OCH3 is 1. The Labute approximate surface area is 65.7 Å². The van der Waals surface area contributed by atoms with Crippen LogP contribution in [0.3, 0.4) is 0 Å². The minimum atomic E-state index is -0.367. The van der Waals surface area contributed by atoms with Crippen LogP contribution >= 0.6 is 0 Å².